The lowest BCUT2D eigenvalue weighted by atomic mass is 9.95. The second kappa shape index (κ2) is 7.64. The topological polar surface area (TPSA) is 96.9 Å². The molecule has 0 saturated heterocycles. The maximum atomic E-state index is 12.2. The van der Waals surface area contributed by atoms with Gasteiger partial charge >= 0.3 is 12.0 Å². The van der Waals surface area contributed by atoms with Crippen molar-refractivity contribution in [2.75, 3.05) is 19.8 Å². The predicted octanol–water partition coefficient (Wildman–Crippen LogP) is 1.25. The van der Waals surface area contributed by atoms with Crippen molar-refractivity contribution in [1.29, 1.82) is 0 Å². The van der Waals surface area contributed by atoms with Gasteiger partial charge in [-0.3, -0.25) is 0 Å². The zero-order valence-electron chi connectivity index (χ0n) is 13.1. The molecule has 23 heavy (non-hydrogen) atoms. The highest BCUT2D eigenvalue weighted by atomic mass is 16.5. The molecular weight excluding hydrogens is 300 g/mol. The average molecular weight is 320 g/mol. The van der Waals surface area contributed by atoms with Crippen LogP contribution >= 0.6 is 0 Å². The second-order valence-electron chi connectivity index (χ2n) is 4.93. The van der Waals surface area contributed by atoms with Crippen molar-refractivity contribution in [2.45, 2.75) is 19.9 Å². The SMILES string of the molecule is CCOC(=O)C1=C(C)NC(=O)NC1c1ccc(OCCO)cc1. The van der Waals surface area contributed by atoms with Gasteiger partial charge in [-0.1, -0.05) is 12.1 Å². The largest absolute Gasteiger partial charge is 0.491 e. The molecule has 0 radical (unpaired) electrons. The van der Waals surface area contributed by atoms with E-state index in [0.29, 0.717) is 17.0 Å². The predicted molar refractivity (Wildman–Crippen MR) is 82.8 cm³/mol. The number of hydrogen-bond donors (Lipinski definition) is 3. The summed E-state index contributed by atoms with van der Waals surface area (Å²) >= 11 is 0. The van der Waals surface area contributed by atoms with Crippen molar-refractivity contribution >= 4 is 12.0 Å². The Kier molecular flexibility index (Phi) is 5.59. The number of aliphatic hydroxyl groups is 1. The average Bonchev–Trinajstić information content (AvgIpc) is 2.52. The van der Waals surface area contributed by atoms with Gasteiger partial charge in [-0.05, 0) is 31.5 Å². The molecule has 7 nitrogen and oxygen atoms in total. The van der Waals surface area contributed by atoms with Crippen molar-refractivity contribution < 1.29 is 24.2 Å². The van der Waals surface area contributed by atoms with E-state index in [0.717, 1.165) is 5.56 Å². The highest BCUT2D eigenvalue weighted by Crippen LogP contribution is 2.28. The maximum Gasteiger partial charge on any atom is 0.338 e. The lowest BCUT2D eigenvalue weighted by Crippen LogP contribution is -2.45. The van der Waals surface area contributed by atoms with Gasteiger partial charge in [0.15, 0.2) is 0 Å². The molecule has 3 N–H and O–H groups in total. The van der Waals surface area contributed by atoms with Gasteiger partial charge in [-0.2, -0.15) is 0 Å². The number of allylic oxidation sites excluding steroid dienone is 1. The van der Waals surface area contributed by atoms with Gasteiger partial charge in [0.25, 0.3) is 0 Å². The number of esters is 1. The minimum atomic E-state index is -0.588. The van der Waals surface area contributed by atoms with Crippen molar-refractivity contribution in [3.05, 3.63) is 41.1 Å². The number of rotatable bonds is 6. The third-order valence-electron chi connectivity index (χ3n) is 3.34. The van der Waals surface area contributed by atoms with Crippen LogP contribution in [0.1, 0.15) is 25.5 Å². The lowest BCUT2D eigenvalue weighted by molar-refractivity contribution is -0.139. The number of ether oxygens (including phenoxy) is 2. The fourth-order valence-corrected chi connectivity index (χ4v) is 2.34. The summed E-state index contributed by atoms with van der Waals surface area (Å²) in [6.45, 7) is 3.78. The van der Waals surface area contributed by atoms with Crippen LogP contribution in [0.15, 0.2) is 35.5 Å². The molecule has 0 aromatic heterocycles. The summed E-state index contributed by atoms with van der Waals surface area (Å²) in [4.78, 5) is 23.9. The van der Waals surface area contributed by atoms with E-state index in [1.165, 1.54) is 0 Å². The molecule has 2 amide bonds. The normalized spacial score (nSPS) is 17.3. The molecule has 1 aromatic carbocycles. The molecular formula is C16H20N2O5. The molecule has 0 saturated carbocycles. The Balaban J connectivity index is 2.28. The summed E-state index contributed by atoms with van der Waals surface area (Å²) in [6, 6.07) is 6.00. The first kappa shape index (κ1) is 16.8. The van der Waals surface area contributed by atoms with Gasteiger partial charge in [-0.15, -0.1) is 0 Å². The molecule has 1 heterocycles. The lowest BCUT2D eigenvalue weighted by Gasteiger charge is -2.28. The molecule has 0 aliphatic carbocycles. The summed E-state index contributed by atoms with van der Waals surface area (Å²) < 4.78 is 10.4. The molecule has 1 aliphatic heterocycles. The Morgan fingerprint density at radius 3 is 2.61 bits per heavy atom. The van der Waals surface area contributed by atoms with Crippen molar-refractivity contribution in [1.82, 2.24) is 10.6 Å². The minimum Gasteiger partial charge on any atom is -0.491 e. The van der Waals surface area contributed by atoms with Crippen LogP contribution in [0, 0.1) is 0 Å². The number of nitrogens with one attached hydrogen (secondary N) is 2. The quantitative estimate of drug-likeness (QED) is 0.685. The Bertz CT molecular complexity index is 609. The van der Waals surface area contributed by atoms with Gasteiger partial charge in [0.05, 0.1) is 24.8 Å². The van der Waals surface area contributed by atoms with Crippen LogP contribution in [0.2, 0.25) is 0 Å². The first-order chi connectivity index (χ1) is 11.1. The third-order valence-corrected chi connectivity index (χ3v) is 3.34. The maximum absolute atomic E-state index is 12.2. The van der Waals surface area contributed by atoms with E-state index in [1.807, 2.05) is 0 Å². The van der Waals surface area contributed by atoms with Crippen LogP contribution in [-0.4, -0.2) is 36.9 Å². The monoisotopic (exact) mass is 320 g/mol. The molecule has 1 aromatic rings. The smallest absolute Gasteiger partial charge is 0.338 e. The minimum absolute atomic E-state index is 0.0684. The van der Waals surface area contributed by atoms with Gasteiger partial charge in [0.1, 0.15) is 12.4 Å². The van der Waals surface area contributed by atoms with Crippen LogP contribution in [0.25, 0.3) is 0 Å². The number of aliphatic hydroxyl groups excluding tert-OH is 1. The molecule has 2 rings (SSSR count). The fourth-order valence-electron chi connectivity index (χ4n) is 2.34. The Morgan fingerprint density at radius 2 is 2.00 bits per heavy atom. The second-order valence-corrected chi connectivity index (χ2v) is 4.93. The van der Waals surface area contributed by atoms with Crippen LogP contribution < -0.4 is 15.4 Å². The van der Waals surface area contributed by atoms with Crippen LogP contribution in [-0.2, 0) is 9.53 Å². The van der Waals surface area contributed by atoms with Crippen LogP contribution in [0.3, 0.4) is 0 Å². The molecule has 1 aliphatic rings. The highest BCUT2D eigenvalue weighted by molar-refractivity contribution is 5.95. The zero-order valence-corrected chi connectivity index (χ0v) is 13.1. The molecule has 7 heteroatoms. The van der Waals surface area contributed by atoms with Crippen LogP contribution in [0.4, 0.5) is 4.79 Å². The van der Waals surface area contributed by atoms with Gasteiger partial charge in [0.2, 0.25) is 0 Å². The van der Waals surface area contributed by atoms with E-state index in [4.69, 9.17) is 14.6 Å². The Hall–Kier alpha value is -2.54. The van der Waals surface area contributed by atoms with Gasteiger partial charge in [-0.25, -0.2) is 9.59 Å². The van der Waals surface area contributed by atoms with E-state index in [-0.39, 0.29) is 25.9 Å². The summed E-state index contributed by atoms with van der Waals surface area (Å²) in [5.41, 5.74) is 1.58. The van der Waals surface area contributed by atoms with E-state index < -0.39 is 12.0 Å². The molecule has 124 valence electrons. The molecule has 0 bridgehead atoms. The number of carbonyl (C=O) groups is 2. The summed E-state index contributed by atoms with van der Waals surface area (Å²) in [5.74, 6) is 0.129. The summed E-state index contributed by atoms with van der Waals surface area (Å²) in [5, 5.41) is 14.1. The first-order valence-electron chi connectivity index (χ1n) is 7.35. The number of benzene rings is 1. The van der Waals surface area contributed by atoms with Gasteiger partial charge in [0, 0.05) is 5.70 Å². The van der Waals surface area contributed by atoms with E-state index in [1.54, 1.807) is 38.1 Å². The third kappa shape index (κ3) is 4.01. The number of amides is 2. The zero-order chi connectivity index (χ0) is 16.8. The van der Waals surface area contributed by atoms with E-state index in [2.05, 4.69) is 10.6 Å². The summed E-state index contributed by atoms with van der Waals surface area (Å²) in [7, 11) is 0. The Labute approximate surface area is 134 Å². The van der Waals surface area contributed by atoms with Gasteiger partial charge < -0.3 is 25.2 Å². The Morgan fingerprint density at radius 1 is 1.30 bits per heavy atom. The number of urea groups is 1. The highest BCUT2D eigenvalue weighted by Gasteiger charge is 2.31. The summed E-state index contributed by atoms with van der Waals surface area (Å²) in [6.07, 6.45) is 0. The van der Waals surface area contributed by atoms with E-state index in [9.17, 15) is 9.59 Å². The molecule has 1 unspecified atom stereocenters. The molecule has 0 fully saturated rings. The van der Waals surface area contributed by atoms with E-state index >= 15 is 0 Å². The standard InChI is InChI=1S/C16H20N2O5/c1-3-22-15(20)13-10(2)17-16(21)18-14(13)11-4-6-12(7-5-11)23-9-8-19/h4-7,14,19H,3,8-9H2,1-2H3,(H2,17,18,21). The number of hydrogen-bond acceptors (Lipinski definition) is 5. The first-order valence-corrected chi connectivity index (χ1v) is 7.35. The van der Waals surface area contributed by atoms with Crippen molar-refractivity contribution in [3.8, 4) is 5.75 Å². The molecule has 0 spiro atoms. The number of carbonyl (C=O) groups excluding carboxylic acids is 2. The van der Waals surface area contributed by atoms with Crippen molar-refractivity contribution in [3.63, 3.8) is 0 Å². The fraction of sp³-hybridized carbons (Fsp3) is 0.375. The van der Waals surface area contributed by atoms with Crippen molar-refractivity contribution in [2.24, 2.45) is 0 Å². The molecule has 1 atom stereocenters. The van der Waals surface area contributed by atoms with Crippen LogP contribution in [0.5, 0.6) is 5.75 Å².